The molecule has 22 heavy (non-hydrogen) atoms. The molecule has 0 unspecified atom stereocenters. The number of nitrogens with zero attached hydrogens (tertiary/aromatic N) is 1. The van der Waals surface area contributed by atoms with Crippen molar-refractivity contribution in [3.8, 4) is 0 Å². The van der Waals surface area contributed by atoms with Crippen LogP contribution in [0.2, 0.25) is 0 Å². The molecule has 1 aromatic heterocycles. The van der Waals surface area contributed by atoms with E-state index >= 15 is 0 Å². The van der Waals surface area contributed by atoms with E-state index in [0.29, 0.717) is 41.9 Å². The number of methoxy groups -OCH3 is 1. The Balaban J connectivity index is 2.60. The van der Waals surface area contributed by atoms with Crippen molar-refractivity contribution in [1.29, 1.82) is 0 Å². The van der Waals surface area contributed by atoms with Crippen LogP contribution >= 0.6 is 12.2 Å². The first-order valence-electron chi connectivity index (χ1n) is 6.80. The van der Waals surface area contributed by atoms with E-state index in [9.17, 15) is 9.90 Å². The fraction of sp³-hybridized carbons (Fsp3) is 0.500. The van der Waals surface area contributed by atoms with Crippen molar-refractivity contribution < 1.29 is 19.1 Å². The van der Waals surface area contributed by atoms with Gasteiger partial charge in [-0.2, -0.15) is 5.10 Å². The number of carboxylic acid groups (broad SMARTS) is 1. The molecule has 0 fully saturated rings. The lowest BCUT2D eigenvalue weighted by Crippen LogP contribution is -2.34. The molecule has 1 rings (SSSR count). The van der Waals surface area contributed by atoms with E-state index in [4.69, 9.17) is 21.4 Å². The summed E-state index contributed by atoms with van der Waals surface area (Å²) in [6.45, 7) is 4.75. The quantitative estimate of drug-likeness (QED) is 0.303. The predicted octanol–water partition coefficient (Wildman–Crippen LogP) is 0.105. The van der Waals surface area contributed by atoms with Gasteiger partial charge in [0.2, 0.25) is 0 Å². The van der Waals surface area contributed by atoms with E-state index in [1.54, 1.807) is 20.1 Å². The Hall–Kier alpha value is -1.93. The molecule has 1 aromatic rings. The van der Waals surface area contributed by atoms with Crippen LogP contribution in [0, 0.1) is 6.92 Å². The highest BCUT2D eigenvalue weighted by Crippen LogP contribution is 2.16. The number of ether oxygens (including phenoxy) is 1. The number of furan rings is 1. The Morgan fingerprint density at radius 2 is 2.27 bits per heavy atom. The van der Waals surface area contributed by atoms with E-state index in [1.807, 2.05) is 6.92 Å². The Labute approximate surface area is 134 Å². The number of hydrogen-bond acceptors (Lipinski definition) is 6. The second-order valence-electron chi connectivity index (χ2n) is 4.61. The number of aryl methyl sites for hydroxylation is 2. The van der Waals surface area contributed by atoms with Gasteiger partial charge in [0.25, 0.3) is 0 Å². The molecule has 0 atom stereocenters. The van der Waals surface area contributed by atoms with Crippen molar-refractivity contribution in [3.63, 3.8) is 0 Å². The van der Waals surface area contributed by atoms with Crippen LogP contribution in [0.4, 0.5) is 0 Å². The summed E-state index contributed by atoms with van der Waals surface area (Å²) < 4.78 is 10.4. The Morgan fingerprint density at radius 1 is 1.55 bits per heavy atom. The summed E-state index contributed by atoms with van der Waals surface area (Å²) in [7, 11) is 1.61. The Bertz CT molecular complexity index is 554. The van der Waals surface area contributed by atoms with Gasteiger partial charge in [0.15, 0.2) is 5.11 Å². The van der Waals surface area contributed by atoms with Crippen LogP contribution in [0.25, 0.3) is 0 Å². The van der Waals surface area contributed by atoms with Crippen LogP contribution in [0.3, 0.4) is 0 Å². The molecule has 0 aliphatic rings. The van der Waals surface area contributed by atoms with E-state index in [1.165, 1.54) is 0 Å². The largest absolute Gasteiger partial charge is 0.550 e. The third kappa shape index (κ3) is 6.23. The smallest absolute Gasteiger partial charge is 0.187 e. The number of hydrazone groups is 1. The topological polar surface area (TPSA) is 98.9 Å². The lowest BCUT2D eigenvalue weighted by molar-refractivity contribution is -0.305. The summed E-state index contributed by atoms with van der Waals surface area (Å²) >= 11 is 5.06. The fourth-order valence-electron chi connectivity index (χ4n) is 1.75. The maximum Gasteiger partial charge on any atom is 0.187 e. The van der Waals surface area contributed by atoms with Gasteiger partial charge < -0.3 is 24.4 Å². The van der Waals surface area contributed by atoms with Crippen LogP contribution in [-0.4, -0.2) is 37.1 Å². The summed E-state index contributed by atoms with van der Waals surface area (Å²) in [5, 5.41) is 18.0. The molecule has 0 radical (unpaired) electrons. The predicted molar refractivity (Wildman–Crippen MR) is 84.6 cm³/mol. The molecule has 1 heterocycles. The van der Waals surface area contributed by atoms with Crippen molar-refractivity contribution in [2.24, 2.45) is 5.10 Å². The average Bonchev–Trinajstić information content (AvgIpc) is 2.84. The lowest BCUT2D eigenvalue weighted by atomic mass is 10.1. The first-order valence-corrected chi connectivity index (χ1v) is 7.21. The minimum Gasteiger partial charge on any atom is -0.550 e. The average molecular weight is 326 g/mol. The van der Waals surface area contributed by atoms with E-state index in [2.05, 4.69) is 15.8 Å². The minimum absolute atomic E-state index is 0.0751. The highest BCUT2D eigenvalue weighted by Gasteiger charge is 2.10. The van der Waals surface area contributed by atoms with Crippen LogP contribution < -0.4 is 15.8 Å². The maximum absolute atomic E-state index is 10.5. The number of aliphatic carboxylic acids is 1. The van der Waals surface area contributed by atoms with Gasteiger partial charge in [-0.25, -0.2) is 0 Å². The summed E-state index contributed by atoms with van der Waals surface area (Å²) in [5.74, 6) is 0.164. The SMILES string of the molecule is COCCNC(=S)N/N=C(/C)c1cc(CCC(=O)[O-])oc1C. The zero-order chi connectivity index (χ0) is 16.5. The van der Waals surface area contributed by atoms with Crippen LogP contribution in [0.1, 0.15) is 30.4 Å². The standard InChI is InChI=1S/C14H21N3O4S/c1-9(16-17-14(22)15-6-7-20-3)12-8-11(21-10(12)2)4-5-13(18)19/h8H,4-7H2,1-3H3,(H,18,19)(H2,15,17,22)/p-1/b16-9-. The number of thiocarbonyl (C=S) groups is 1. The molecular weight excluding hydrogens is 306 g/mol. The molecule has 0 bridgehead atoms. The zero-order valence-electron chi connectivity index (χ0n) is 12.9. The molecule has 2 N–H and O–H groups in total. The minimum atomic E-state index is -1.10. The van der Waals surface area contributed by atoms with E-state index < -0.39 is 5.97 Å². The molecule has 0 aliphatic carbocycles. The van der Waals surface area contributed by atoms with E-state index in [0.717, 1.165) is 5.56 Å². The van der Waals surface area contributed by atoms with Crippen molar-refractivity contribution >= 4 is 29.0 Å². The van der Waals surface area contributed by atoms with Crippen molar-refractivity contribution in [2.45, 2.75) is 26.7 Å². The fourth-order valence-corrected chi connectivity index (χ4v) is 1.90. The third-order valence-corrected chi connectivity index (χ3v) is 3.09. The number of carboxylic acids is 1. The third-order valence-electron chi connectivity index (χ3n) is 2.85. The first kappa shape index (κ1) is 18.1. The monoisotopic (exact) mass is 326 g/mol. The van der Waals surface area contributed by atoms with Gasteiger partial charge in [0.05, 0.1) is 12.3 Å². The number of rotatable bonds is 8. The van der Waals surface area contributed by atoms with Gasteiger partial charge in [-0.05, 0) is 38.6 Å². The van der Waals surface area contributed by atoms with Gasteiger partial charge in [0.1, 0.15) is 11.5 Å². The van der Waals surface area contributed by atoms with Crippen molar-refractivity contribution in [2.75, 3.05) is 20.3 Å². The first-order chi connectivity index (χ1) is 10.4. The molecular formula is C14H20N3O4S-. The normalized spacial score (nSPS) is 11.3. The second-order valence-corrected chi connectivity index (χ2v) is 5.02. The summed E-state index contributed by atoms with van der Waals surface area (Å²) in [5.41, 5.74) is 4.23. The molecule has 0 amide bonds. The molecule has 0 spiro atoms. The van der Waals surface area contributed by atoms with Gasteiger partial charge in [0, 0.05) is 31.6 Å². The van der Waals surface area contributed by atoms with E-state index in [-0.39, 0.29) is 6.42 Å². The van der Waals surface area contributed by atoms with Gasteiger partial charge in [-0.1, -0.05) is 0 Å². The molecule has 7 nitrogen and oxygen atoms in total. The van der Waals surface area contributed by atoms with Crippen molar-refractivity contribution in [3.05, 3.63) is 23.2 Å². The molecule has 122 valence electrons. The maximum atomic E-state index is 10.5. The number of nitrogens with one attached hydrogen (secondary N) is 2. The Kier molecular flexibility index (Phi) is 7.55. The number of hydrogen-bond donors (Lipinski definition) is 2. The van der Waals surface area contributed by atoms with Crippen LogP contribution in [0.15, 0.2) is 15.6 Å². The molecule has 0 saturated carbocycles. The summed E-state index contributed by atoms with van der Waals surface area (Å²) in [6.07, 6.45) is 0.217. The summed E-state index contributed by atoms with van der Waals surface area (Å²) in [4.78, 5) is 10.5. The number of carbonyl (C=O) groups excluding carboxylic acids is 1. The number of carbonyl (C=O) groups is 1. The van der Waals surface area contributed by atoms with Gasteiger partial charge in [-0.3, -0.25) is 5.43 Å². The molecule has 0 aromatic carbocycles. The Morgan fingerprint density at radius 3 is 2.91 bits per heavy atom. The highest BCUT2D eigenvalue weighted by atomic mass is 32.1. The van der Waals surface area contributed by atoms with Gasteiger partial charge in [-0.15, -0.1) is 0 Å². The van der Waals surface area contributed by atoms with Crippen molar-refractivity contribution in [1.82, 2.24) is 10.7 Å². The van der Waals surface area contributed by atoms with Gasteiger partial charge >= 0.3 is 0 Å². The highest BCUT2D eigenvalue weighted by molar-refractivity contribution is 7.80. The zero-order valence-corrected chi connectivity index (χ0v) is 13.7. The molecule has 8 heteroatoms. The summed E-state index contributed by atoms with van der Waals surface area (Å²) in [6, 6.07) is 1.78. The molecule has 0 saturated heterocycles. The molecule has 0 aliphatic heterocycles. The lowest BCUT2D eigenvalue weighted by Gasteiger charge is -2.06. The van der Waals surface area contributed by atoms with Crippen LogP contribution in [-0.2, 0) is 16.0 Å². The van der Waals surface area contributed by atoms with Crippen LogP contribution in [0.5, 0.6) is 0 Å². The second kappa shape index (κ2) is 9.16.